The Morgan fingerprint density at radius 1 is 1.27 bits per heavy atom. The van der Waals surface area contributed by atoms with Gasteiger partial charge in [-0.05, 0) is 13.8 Å². The van der Waals surface area contributed by atoms with Crippen molar-refractivity contribution in [2.75, 3.05) is 33.3 Å². The molecule has 1 aliphatic heterocycles. The van der Waals surface area contributed by atoms with Crippen LogP contribution in [0.25, 0.3) is 0 Å². The van der Waals surface area contributed by atoms with Crippen molar-refractivity contribution < 1.29 is 21.6 Å². The first-order valence-corrected chi connectivity index (χ1v) is 6.60. The summed E-state index contributed by atoms with van der Waals surface area (Å²) in [5.41, 5.74) is 0. The first-order valence-electron chi connectivity index (χ1n) is 5.27. The van der Waals surface area contributed by atoms with E-state index in [1.807, 2.05) is 0 Å². The average molecular weight is 239 g/mol. The van der Waals surface area contributed by atoms with E-state index in [1.165, 1.54) is 43.9 Å². The van der Waals surface area contributed by atoms with E-state index in [9.17, 15) is 13.0 Å². The van der Waals surface area contributed by atoms with Crippen LogP contribution in [0.4, 0.5) is 0 Å². The predicted octanol–water partition coefficient (Wildman–Crippen LogP) is 0.730. The highest BCUT2D eigenvalue weighted by Gasteiger charge is 2.23. The van der Waals surface area contributed by atoms with Crippen LogP contribution in [0.5, 0.6) is 0 Å². The summed E-state index contributed by atoms with van der Waals surface area (Å²) >= 11 is 0. The highest BCUT2D eigenvalue weighted by atomic mass is 32.3. The predicted molar refractivity (Wildman–Crippen MR) is 57.0 cm³/mol. The third-order valence-electron chi connectivity index (χ3n) is 2.67. The van der Waals surface area contributed by atoms with Crippen LogP contribution in [-0.4, -0.2) is 50.7 Å². The van der Waals surface area contributed by atoms with Crippen LogP contribution < -0.4 is 0 Å². The summed E-state index contributed by atoms with van der Waals surface area (Å²) < 4.78 is 33.3. The van der Waals surface area contributed by atoms with Gasteiger partial charge in [-0.2, -0.15) is 0 Å². The van der Waals surface area contributed by atoms with Gasteiger partial charge < -0.3 is 9.04 Å². The minimum atomic E-state index is -4.42. The van der Waals surface area contributed by atoms with Crippen molar-refractivity contribution in [1.82, 2.24) is 0 Å². The minimum absolute atomic E-state index is 0.0914. The number of rotatable bonds is 3. The van der Waals surface area contributed by atoms with Crippen LogP contribution in [0.15, 0.2) is 0 Å². The Kier molecular flexibility index (Phi) is 6.35. The molecule has 6 heteroatoms. The zero-order valence-corrected chi connectivity index (χ0v) is 10.5. The maximum atomic E-state index is 9.45. The fourth-order valence-electron chi connectivity index (χ4n) is 1.56. The lowest BCUT2D eigenvalue weighted by Crippen LogP contribution is -2.40. The van der Waals surface area contributed by atoms with Gasteiger partial charge in [-0.3, -0.25) is 4.18 Å². The molecule has 0 unspecified atom stereocenters. The van der Waals surface area contributed by atoms with Crippen LogP contribution >= 0.6 is 0 Å². The number of hydrogen-bond donors (Lipinski definition) is 0. The smallest absolute Gasteiger partial charge is 0.217 e. The lowest BCUT2D eigenvalue weighted by atomic mass is 10.4. The van der Waals surface area contributed by atoms with E-state index in [0.717, 1.165) is 0 Å². The summed E-state index contributed by atoms with van der Waals surface area (Å²) in [4.78, 5) is 0. The SMILES string of the molecule is CCOS(=O)(=O)[O-].CC[N+]1(C)CCCC1. The molecule has 15 heavy (non-hydrogen) atoms. The van der Waals surface area contributed by atoms with Gasteiger partial charge in [0.25, 0.3) is 0 Å². The quantitative estimate of drug-likeness (QED) is 0.414. The molecule has 0 atom stereocenters. The second kappa shape index (κ2) is 6.42. The third kappa shape index (κ3) is 7.72. The molecule has 1 fully saturated rings. The Hall–Kier alpha value is -0.170. The molecule has 0 bridgehead atoms. The summed E-state index contributed by atoms with van der Waals surface area (Å²) in [5.74, 6) is 0. The molecule has 92 valence electrons. The maximum absolute atomic E-state index is 9.45. The Balaban J connectivity index is 0.000000265. The Morgan fingerprint density at radius 2 is 1.73 bits per heavy atom. The summed E-state index contributed by atoms with van der Waals surface area (Å²) in [6, 6.07) is 0. The molecule has 1 aliphatic rings. The number of nitrogens with zero attached hydrogens (tertiary/aromatic N) is 1. The molecule has 1 saturated heterocycles. The van der Waals surface area contributed by atoms with E-state index >= 15 is 0 Å². The van der Waals surface area contributed by atoms with Crippen LogP contribution in [0.1, 0.15) is 26.7 Å². The van der Waals surface area contributed by atoms with Crippen molar-refractivity contribution in [3.05, 3.63) is 0 Å². The fourth-order valence-corrected chi connectivity index (χ4v) is 1.85. The monoisotopic (exact) mass is 239 g/mol. The van der Waals surface area contributed by atoms with Gasteiger partial charge >= 0.3 is 0 Å². The standard InChI is InChI=1S/C7H16N.C2H6O4S/c1-3-8(2)6-4-5-7-8;1-2-6-7(3,4)5/h3-7H2,1-2H3;2H2,1H3,(H,3,4,5)/q+1;/p-1. The molecule has 0 amide bonds. The van der Waals surface area contributed by atoms with Gasteiger partial charge in [-0.25, -0.2) is 8.42 Å². The average Bonchev–Trinajstić information content (AvgIpc) is 2.52. The van der Waals surface area contributed by atoms with Crippen molar-refractivity contribution in [3.8, 4) is 0 Å². The molecule has 1 rings (SSSR count). The van der Waals surface area contributed by atoms with E-state index < -0.39 is 10.4 Å². The normalized spacial score (nSPS) is 19.5. The molecule has 0 N–H and O–H groups in total. The fraction of sp³-hybridized carbons (Fsp3) is 1.00. The van der Waals surface area contributed by atoms with Crippen molar-refractivity contribution in [1.29, 1.82) is 0 Å². The molecule has 0 aromatic heterocycles. The molecule has 0 aromatic rings. The highest BCUT2D eigenvalue weighted by Crippen LogP contribution is 2.14. The van der Waals surface area contributed by atoms with Gasteiger partial charge in [0.15, 0.2) is 0 Å². The Labute approximate surface area is 92.6 Å². The van der Waals surface area contributed by atoms with Gasteiger partial charge in [0.05, 0.1) is 33.3 Å². The highest BCUT2D eigenvalue weighted by molar-refractivity contribution is 7.80. The van der Waals surface area contributed by atoms with E-state index in [4.69, 9.17) is 0 Å². The second-order valence-corrected chi connectivity index (χ2v) is 4.96. The molecular weight excluding hydrogens is 218 g/mol. The van der Waals surface area contributed by atoms with Gasteiger partial charge in [-0.15, -0.1) is 0 Å². The summed E-state index contributed by atoms with van der Waals surface area (Å²) in [6.45, 7) is 7.76. The zero-order valence-electron chi connectivity index (χ0n) is 9.73. The van der Waals surface area contributed by atoms with E-state index in [2.05, 4.69) is 18.2 Å². The van der Waals surface area contributed by atoms with E-state index in [0.29, 0.717) is 0 Å². The summed E-state index contributed by atoms with van der Waals surface area (Å²) in [6.07, 6.45) is 2.90. The molecule has 0 aromatic carbocycles. The summed E-state index contributed by atoms with van der Waals surface area (Å²) in [7, 11) is -2.07. The van der Waals surface area contributed by atoms with Crippen LogP contribution in [-0.2, 0) is 14.6 Å². The third-order valence-corrected chi connectivity index (χ3v) is 3.20. The molecule has 0 aliphatic carbocycles. The zero-order chi connectivity index (χ0) is 11.9. The number of hydrogen-bond acceptors (Lipinski definition) is 4. The molecular formula is C9H21NO4S. The van der Waals surface area contributed by atoms with Gasteiger partial charge in [0.1, 0.15) is 0 Å². The van der Waals surface area contributed by atoms with Crippen molar-refractivity contribution in [2.24, 2.45) is 0 Å². The van der Waals surface area contributed by atoms with Gasteiger partial charge in [0.2, 0.25) is 10.4 Å². The van der Waals surface area contributed by atoms with Crippen LogP contribution in [0.3, 0.4) is 0 Å². The Morgan fingerprint density at radius 3 is 1.87 bits per heavy atom. The topological polar surface area (TPSA) is 66.4 Å². The minimum Gasteiger partial charge on any atom is -0.726 e. The lowest BCUT2D eigenvalue weighted by Gasteiger charge is -2.26. The Bertz CT molecular complexity index is 257. The molecule has 0 radical (unpaired) electrons. The van der Waals surface area contributed by atoms with Gasteiger partial charge in [-0.1, -0.05) is 0 Å². The number of quaternary nitrogens is 1. The van der Waals surface area contributed by atoms with E-state index in [1.54, 1.807) is 0 Å². The lowest BCUT2D eigenvalue weighted by molar-refractivity contribution is -0.895. The summed E-state index contributed by atoms with van der Waals surface area (Å²) in [5, 5.41) is 0. The van der Waals surface area contributed by atoms with Crippen LogP contribution in [0.2, 0.25) is 0 Å². The van der Waals surface area contributed by atoms with Crippen LogP contribution in [0, 0.1) is 0 Å². The van der Waals surface area contributed by atoms with Crippen molar-refractivity contribution in [3.63, 3.8) is 0 Å². The van der Waals surface area contributed by atoms with E-state index in [-0.39, 0.29) is 6.61 Å². The largest absolute Gasteiger partial charge is 0.726 e. The first-order chi connectivity index (χ1) is 6.83. The van der Waals surface area contributed by atoms with Crippen molar-refractivity contribution >= 4 is 10.4 Å². The molecule has 0 saturated carbocycles. The molecule has 0 spiro atoms. The molecule has 1 heterocycles. The number of likely N-dealkylation sites (tertiary alicyclic amines) is 1. The first kappa shape index (κ1) is 14.8. The maximum Gasteiger partial charge on any atom is 0.217 e. The second-order valence-electron chi connectivity index (χ2n) is 3.90. The van der Waals surface area contributed by atoms with Gasteiger partial charge in [0, 0.05) is 12.8 Å². The molecule has 5 nitrogen and oxygen atoms in total. The van der Waals surface area contributed by atoms with Crippen molar-refractivity contribution in [2.45, 2.75) is 26.7 Å².